The predicted molar refractivity (Wildman–Crippen MR) is 76.5 cm³/mol. The standard InChI is InChI=1S/C14H11Cl2NO3/c15-11-4-1-9(2-5-11)8-20-13-7-10(14(18)17-19)3-6-12(13)16/h1-7,19H,8H2,(H,17,18). The van der Waals surface area contributed by atoms with E-state index in [2.05, 4.69) is 0 Å². The zero-order valence-corrected chi connectivity index (χ0v) is 11.8. The number of rotatable bonds is 4. The van der Waals surface area contributed by atoms with Crippen LogP contribution in [-0.4, -0.2) is 11.1 Å². The molecule has 0 bridgehead atoms. The first-order chi connectivity index (χ1) is 9.60. The summed E-state index contributed by atoms with van der Waals surface area (Å²) >= 11 is 11.8. The van der Waals surface area contributed by atoms with Crippen molar-refractivity contribution in [1.29, 1.82) is 0 Å². The molecule has 4 nitrogen and oxygen atoms in total. The molecule has 0 aromatic heterocycles. The molecule has 0 fully saturated rings. The second kappa shape index (κ2) is 6.61. The zero-order chi connectivity index (χ0) is 14.5. The van der Waals surface area contributed by atoms with Crippen molar-refractivity contribution in [2.45, 2.75) is 6.61 Å². The van der Waals surface area contributed by atoms with Crippen LogP contribution in [-0.2, 0) is 6.61 Å². The van der Waals surface area contributed by atoms with Crippen LogP contribution in [0.2, 0.25) is 10.0 Å². The Balaban J connectivity index is 2.12. The number of benzene rings is 2. The van der Waals surface area contributed by atoms with Crippen molar-refractivity contribution < 1.29 is 14.7 Å². The molecule has 2 aromatic carbocycles. The van der Waals surface area contributed by atoms with Crippen molar-refractivity contribution >= 4 is 29.1 Å². The molecule has 2 aromatic rings. The molecule has 6 heteroatoms. The highest BCUT2D eigenvalue weighted by atomic mass is 35.5. The molecule has 2 rings (SSSR count). The average Bonchev–Trinajstić information content (AvgIpc) is 2.47. The van der Waals surface area contributed by atoms with Crippen molar-refractivity contribution in [2.75, 3.05) is 0 Å². The normalized spacial score (nSPS) is 10.2. The molecule has 0 radical (unpaired) electrons. The lowest BCUT2D eigenvalue weighted by Crippen LogP contribution is -2.18. The molecule has 1 amide bonds. The maximum atomic E-state index is 11.3. The number of halogens is 2. The molecule has 0 heterocycles. The highest BCUT2D eigenvalue weighted by Gasteiger charge is 2.09. The summed E-state index contributed by atoms with van der Waals surface area (Å²) in [4.78, 5) is 11.3. The van der Waals surface area contributed by atoms with Crippen molar-refractivity contribution in [2.24, 2.45) is 0 Å². The summed E-state index contributed by atoms with van der Waals surface area (Å²) in [7, 11) is 0. The van der Waals surface area contributed by atoms with E-state index in [-0.39, 0.29) is 5.56 Å². The third kappa shape index (κ3) is 3.63. The Morgan fingerprint density at radius 3 is 2.50 bits per heavy atom. The Kier molecular flexibility index (Phi) is 4.84. The molecular weight excluding hydrogens is 301 g/mol. The summed E-state index contributed by atoms with van der Waals surface area (Å²) in [5.74, 6) is -0.263. The zero-order valence-electron chi connectivity index (χ0n) is 10.3. The number of hydroxylamine groups is 1. The van der Waals surface area contributed by atoms with Gasteiger partial charge in [0, 0.05) is 10.6 Å². The van der Waals surface area contributed by atoms with Gasteiger partial charge in [-0.25, -0.2) is 5.48 Å². The van der Waals surface area contributed by atoms with Gasteiger partial charge < -0.3 is 4.74 Å². The van der Waals surface area contributed by atoms with E-state index in [1.54, 1.807) is 17.6 Å². The van der Waals surface area contributed by atoms with E-state index in [1.807, 2.05) is 12.1 Å². The highest BCUT2D eigenvalue weighted by molar-refractivity contribution is 6.32. The lowest BCUT2D eigenvalue weighted by molar-refractivity contribution is 0.0706. The third-order valence-electron chi connectivity index (χ3n) is 2.60. The van der Waals surface area contributed by atoms with E-state index >= 15 is 0 Å². The van der Waals surface area contributed by atoms with Crippen molar-refractivity contribution in [1.82, 2.24) is 5.48 Å². The molecule has 0 spiro atoms. The van der Waals surface area contributed by atoms with E-state index < -0.39 is 5.91 Å². The molecule has 0 saturated carbocycles. The van der Waals surface area contributed by atoms with Crippen molar-refractivity contribution in [3.63, 3.8) is 0 Å². The van der Waals surface area contributed by atoms with Gasteiger partial charge in [0.1, 0.15) is 12.4 Å². The number of hydrogen-bond donors (Lipinski definition) is 2. The number of carbonyl (C=O) groups is 1. The number of ether oxygens (including phenoxy) is 1. The Morgan fingerprint density at radius 2 is 1.85 bits per heavy atom. The van der Waals surface area contributed by atoms with Crippen LogP contribution in [0.25, 0.3) is 0 Å². The van der Waals surface area contributed by atoms with Gasteiger partial charge in [-0.2, -0.15) is 0 Å². The molecule has 0 aliphatic rings. The molecule has 0 unspecified atom stereocenters. The van der Waals surface area contributed by atoms with E-state index in [0.717, 1.165) is 5.56 Å². The first-order valence-electron chi connectivity index (χ1n) is 5.71. The maximum absolute atomic E-state index is 11.3. The van der Waals surface area contributed by atoms with Gasteiger partial charge in [-0.15, -0.1) is 0 Å². The predicted octanol–water partition coefficient (Wildman–Crippen LogP) is 3.69. The molecule has 0 aliphatic carbocycles. The summed E-state index contributed by atoms with van der Waals surface area (Å²) in [5, 5.41) is 9.63. The minimum Gasteiger partial charge on any atom is -0.487 e. The minimum absolute atomic E-state index is 0.253. The Hall–Kier alpha value is -1.75. The van der Waals surface area contributed by atoms with Gasteiger partial charge in [0.15, 0.2) is 0 Å². The van der Waals surface area contributed by atoms with Crippen LogP contribution in [0.4, 0.5) is 0 Å². The monoisotopic (exact) mass is 311 g/mol. The number of carbonyl (C=O) groups excluding carboxylic acids is 1. The fraction of sp³-hybridized carbons (Fsp3) is 0.0714. The Bertz CT molecular complexity index is 614. The second-order valence-corrected chi connectivity index (χ2v) is 4.84. The van der Waals surface area contributed by atoms with Gasteiger partial charge in [-0.1, -0.05) is 35.3 Å². The smallest absolute Gasteiger partial charge is 0.274 e. The van der Waals surface area contributed by atoms with Crippen molar-refractivity contribution in [3.8, 4) is 5.75 Å². The first kappa shape index (κ1) is 14.7. The van der Waals surface area contributed by atoms with Crippen LogP contribution < -0.4 is 10.2 Å². The van der Waals surface area contributed by atoms with Crippen LogP contribution in [0, 0.1) is 0 Å². The minimum atomic E-state index is -0.627. The summed E-state index contributed by atoms with van der Waals surface area (Å²) in [6.45, 7) is 0.293. The van der Waals surface area contributed by atoms with Crippen LogP contribution in [0.15, 0.2) is 42.5 Å². The summed E-state index contributed by atoms with van der Waals surface area (Å²) in [6.07, 6.45) is 0. The number of amides is 1. The van der Waals surface area contributed by atoms with Crippen molar-refractivity contribution in [3.05, 3.63) is 63.6 Å². The van der Waals surface area contributed by atoms with E-state index in [0.29, 0.717) is 22.4 Å². The largest absolute Gasteiger partial charge is 0.487 e. The first-order valence-corrected chi connectivity index (χ1v) is 6.47. The molecule has 0 saturated heterocycles. The van der Waals surface area contributed by atoms with Gasteiger partial charge in [0.05, 0.1) is 5.02 Å². The number of nitrogens with one attached hydrogen (secondary N) is 1. The Morgan fingerprint density at radius 1 is 1.15 bits per heavy atom. The van der Waals surface area contributed by atoms with Crippen LogP contribution >= 0.6 is 23.2 Å². The molecule has 0 atom stereocenters. The summed E-state index contributed by atoms with van der Waals surface area (Å²) in [5.41, 5.74) is 2.73. The van der Waals surface area contributed by atoms with Gasteiger partial charge in [0.25, 0.3) is 5.91 Å². The topological polar surface area (TPSA) is 58.6 Å². The fourth-order valence-corrected chi connectivity index (χ4v) is 1.86. The van der Waals surface area contributed by atoms with E-state index in [9.17, 15) is 4.79 Å². The molecule has 0 aliphatic heterocycles. The summed E-state index contributed by atoms with van der Waals surface area (Å²) in [6, 6.07) is 11.7. The highest BCUT2D eigenvalue weighted by Crippen LogP contribution is 2.26. The SMILES string of the molecule is O=C(NO)c1ccc(Cl)c(OCc2ccc(Cl)cc2)c1. The summed E-state index contributed by atoms with van der Waals surface area (Å²) < 4.78 is 5.56. The second-order valence-electron chi connectivity index (χ2n) is 4.00. The van der Waals surface area contributed by atoms with Crippen LogP contribution in [0.5, 0.6) is 5.75 Å². The van der Waals surface area contributed by atoms with Gasteiger partial charge in [0.2, 0.25) is 0 Å². The van der Waals surface area contributed by atoms with E-state index in [4.69, 9.17) is 33.1 Å². The lowest BCUT2D eigenvalue weighted by Gasteiger charge is -2.09. The number of hydrogen-bond acceptors (Lipinski definition) is 3. The maximum Gasteiger partial charge on any atom is 0.274 e. The fourth-order valence-electron chi connectivity index (χ4n) is 1.56. The van der Waals surface area contributed by atoms with E-state index in [1.165, 1.54) is 18.2 Å². The van der Waals surface area contributed by atoms with Gasteiger partial charge >= 0.3 is 0 Å². The molecular formula is C14H11Cl2NO3. The van der Waals surface area contributed by atoms with Gasteiger partial charge in [-0.3, -0.25) is 10.0 Å². The molecule has 20 heavy (non-hydrogen) atoms. The molecule has 104 valence electrons. The van der Waals surface area contributed by atoms with Gasteiger partial charge in [-0.05, 0) is 35.9 Å². The average molecular weight is 312 g/mol. The Labute approximate surface area is 125 Å². The third-order valence-corrected chi connectivity index (χ3v) is 3.17. The van der Waals surface area contributed by atoms with Crippen LogP contribution in [0.1, 0.15) is 15.9 Å². The van der Waals surface area contributed by atoms with Crippen LogP contribution in [0.3, 0.4) is 0 Å². The quantitative estimate of drug-likeness (QED) is 0.668. The lowest BCUT2D eigenvalue weighted by atomic mass is 10.2. The molecule has 2 N–H and O–H groups in total.